The first kappa shape index (κ1) is 17.5. The van der Waals surface area contributed by atoms with E-state index >= 15 is 0 Å². The van der Waals surface area contributed by atoms with Gasteiger partial charge in [-0.15, -0.1) is 0 Å². The van der Waals surface area contributed by atoms with Gasteiger partial charge < -0.3 is 4.84 Å². The summed E-state index contributed by atoms with van der Waals surface area (Å²) < 4.78 is 26.6. The molecule has 0 atom stereocenters. The Labute approximate surface area is 133 Å². The quantitative estimate of drug-likeness (QED) is 0.521. The van der Waals surface area contributed by atoms with Gasteiger partial charge in [-0.05, 0) is 31.6 Å². The molecule has 0 aromatic carbocycles. The van der Waals surface area contributed by atoms with Crippen LogP contribution in [0, 0.1) is 11.8 Å². The predicted molar refractivity (Wildman–Crippen MR) is 84.4 cm³/mol. The number of hydrogen-bond donors (Lipinski definition) is 0. The van der Waals surface area contributed by atoms with Crippen LogP contribution in [0.3, 0.4) is 0 Å². The summed E-state index contributed by atoms with van der Waals surface area (Å²) in [7, 11) is -3.30. The maximum absolute atomic E-state index is 10.9. The first-order valence-electron chi connectivity index (χ1n) is 7.93. The average Bonchev–Trinajstić information content (AvgIpc) is 2.93. The number of nitrogens with zero attached hydrogens (tertiary/aromatic N) is 3. The average molecular weight is 333 g/mol. The lowest BCUT2D eigenvalue weighted by Crippen LogP contribution is -2.49. The lowest BCUT2D eigenvalue weighted by molar-refractivity contribution is -0.0435. The fourth-order valence-corrected chi connectivity index (χ4v) is 3.35. The molecule has 22 heavy (non-hydrogen) atoms. The molecule has 0 N–H and O–H groups in total. The van der Waals surface area contributed by atoms with Gasteiger partial charge in [0.1, 0.15) is 0 Å². The molecule has 0 amide bonds. The van der Waals surface area contributed by atoms with Gasteiger partial charge in [0.05, 0.1) is 12.9 Å². The molecule has 8 heteroatoms. The fourth-order valence-electron chi connectivity index (χ4n) is 2.92. The topological polar surface area (TPSA) is 71.4 Å². The van der Waals surface area contributed by atoms with E-state index in [1.165, 1.54) is 0 Å². The van der Waals surface area contributed by atoms with Crippen molar-refractivity contribution in [1.82, 2.24) is 10.0 Å². The molecule has 0 saturated carbocycles. The van der Waals surface area contributed by atoms with Crippen LogP contribution in [-0.2, 0) is 19.1 Å². The number of hydrogen-bond acceptors (Lipinski definition) is 7. The van der Waals surface area contributed by atoms with Crippen molar-refractivity contribution in [1.29, 1.82) is 0 Å². The molecule has 1 saturated heterocycles. The third-order valence-electron chi connectivity index (χ3n) is 4.11. The van der Waals surface area contributed by atoms with E-state index in [0.29, 0.717) is 25.2 Å². The number of oxime groups is 1. The monoisotopic (exact) mass is 333 g/mol. The van der Waals surface area contributed by atoms with Gasteiger partial charge in [0, 0.05) is 19.0 Å². The van der Waals surface area contributed by atoms with Crippen LogP contribution < -0.4 is 0 Å². The third-order valence-corrected chi connectivity index (χ3v) is 4.70. The number of rotatable bonds is 7. The molecule has 2 aliphatic rings. The Hall–Kier alpha value is -0.860. The molecule has 1 fully saturated rings. The van der Waals surface area contributed by atoms with Crippen molar-refractivity contribution in [3.8, 4) is 0 Å². The lowest BCUT2D eigenvalue weighted by atomic mass is 9.93. The van der Waals surface area contributed by atoms with Crippen molar-refractivity contribution in [3.63, 3.8) is 0 Å². The van der Waals surface area contributed by atoms with Crippen molar-refractivity contribution in [2.75, 3.05) is 32.7 Å². The van der Waals surface area contributed by atoms with E-state index in [0.717, 1.165) is 50.9 Å². The summed E-state index contributed by atoms with van der Waals surface area (Å²) in [4.78, 5) is 5.22. The van der Waals surface area contributed by atoms with Crippen LogP contribution in [0.4, 0.5) is 0 Å². The summed E-state index contributed by atoms with van der Waals surface area (Å²) in [5.74, 6) is 2.00. The highest BCUT2D eigenvalue weighted by Gasteiger charge is 2.30. The van der Waals surface area contributed by atoms with E-state index < -0.39 is 10.1 Å². The molecule has 2 rings (SSSR count). The molecule has 0 unspecified atom stereocenters. The van der Waals surface area contributed by atoms with Crippen molar-refractivity contribution in [2.24, 2.45) is 17.0 Å². The second-order valence-corrected chi connectivity index (χ2v) is 7.97. The minimum Gasteiger partial charge on any atom is -0.371 e. The molecule has 128 valence electrons. The minimum atomic E-state index is -3.30. The van der Waals surface area contributed by atoms with Crippen LogP contribution >= 0.6 is 0 Å². The molecule has 7 nitrogen and oxygen atoms in total. The second-order valence-electron chi connectivity index (χ2n) is 6.33. The van der Waals surface area contributed by atoms with Crippen molar-refractivity contribution in [3.05, 3.63) is 0 Å². The van der Waals surface area contributed by atoms with Crippen LogP contribution in [0.5, 0.6) is 0 Å². The van der Waals surface area contributed by atoms with Gasteiger partial charge in [-0.25, -0.2) is 5.01 Å². The van der Waals surface area contributed by atoms with Crippen LogP contribution in [0.1, 0.15) is 39.5 Å². The highest BCUT2D eigenvalue weighted by atomic mass is 32.2. The SMILES string of the molecule is CC(C)C1=NOCN1N1CCC(CCCOS(C)(=O)=O)CC1. The summed E-state index contributed by atoms with van der Waals surface area (Å²) in [5, 5.41) is 8.58. The van der Waals surface area contributed by atoms with E-state index in [1.54, 1.807) is 0 Å². The summed E-state index contributed by atoms with van der Waals surface area (Å²) >= 11 is 0. The lowest BCUT2D eigenvalue weighted by Gasteiger charge is -2.38. The predicted octanol–water partition coefficient (Wildman–Crippen LogP) is 1.63. The molecular formula is C14H27N3O4S. The van der Waals surface area contributed by atoms with Crippen LogP contribution in [-0.4, -0.2) is 57.0 Å². The maximum atomic E-state index is 10.9. The van der Waals surface area contributed by atoms with E-state index in [2.05, 4.69) is 29.0 Å². The van der Waals surface area contributed by atoms with Gasteiger partial charge in [0.15, 0.2) is 5.84 Å². The number of hydrazine groups is 1. The van der Waals surface area contributed by atoms with E-state index in [1.807, 2.05) is 0 Å². The first-order chi connectivity index (χ1) is 10.4. The number of piperidine rings is 1. The van der Waals surface area contributed by atoms with Crippen molar-refractivity contribution in [2.45, 2.75) is 39.5 Å². The van der Waals surface area contributed by atoms with E-state index in [-0.39, 0.29) is 0 Å². The van der Waals surface area contributed by atoms with Crippen LogP contribution in [0.25, 0.3) is 0 Å². The Morgan fingerprint density at radius 3 is 2.64 bits per heavy atom. The first-order valence-corrected chi connectivity index (χ1v) is 9.75. The largest absolute Gasteiger partial charge is 0.371 e. The molecule has 0 radical (unpaired) electrons. The zero-order chi connectivity index (χ0) is 16.2. The molecular weight excluding hydrogens is 306 g/mol. The Morgan fingerprint density at radius 2 is 2.05 bits per heavy atom. The van der Waals surface area contributed by atoms with Gasteiger partial charge in [0.25, 0.3) is 10.1 Å². The summed E-state index contributed by atoms with van der Waals surface area (Å²) in [5.41, 5.74) is 0. The zero-order valence-electron chi connectivity index (χ0n) is 13.7. The van der Waals surface area contributed by atoms with Gasteiger partial charge in [0.2, 0.25) is 6.73 Å². The fraction of sp³-hybridized carbons (Fsp3) is 0.929. The standard InChI is InChI=1S/C14H27N3O4S/c1-12(2)14-15-20-11-17(14)16-8-6-13(7-9-16)5-4-10-21-22(3,18)19/h12-13H,4-11H2,1-3H3. The maximum Gasteiger partial charge on any atom is 0.264 e. The summed E-state index contributed by atoms with van der Waals surface area (Å²) in [6, 6.07) is 0. The Balaban J connectivity index is 1.69. The third kappa shape index (κ3) is 5.10. The summed E-state index contributed by atoms with van der Waals surface area (Å²) in [6.45, 7) is 7.03. The number of amidine groups is 1. The van der Waals surface area contributed by atoms with Crippen LogP contribution in [0.2, 0.25) is 0 Å². The highest BCUT2D eigenvalue weighted by Crippen LogP contribution is 2.25. The molecule has 2 aliphatic heterocycles. The van der Waals surface area contributed by atoms with E-state index in [4.69, 9.17) is 9.02 Å². The van der Waals surface area contributed by atoms with Crippen molar-refractivity contribution < 1.29 is 17.4 Å². The second kappa shape index (κ2) is 7.61. The molecule has 0 bridgehead atoms. The smallest absolute Gasteiger partial charge is 0.264 e. The van der Waals surface area contributed by atoms with Crippen molar-refractivity contribution >= 4 is 16.0 Å². The molecule has 0 aliphatic carbocycles. The van der Waals surface area contributed by atoms with Gasteiger partial charge in [-0.3, -0.25) is 9.19 Å². The van der Waals surface area contributed by atoms with Gasteiger partial charge >= 0.3 is 0 Å². The molecule has 2 heterocycles. The zero-order valence-corrected chi connectivity index (χ0v) is 14.5. The molecule has 0 spiro atoms. The molecule has 0 aromatic heterocycles. The Morgan fingerprint density at radius 1 is 1.36 bits per heavy atom. The molecule has 0 aromatic rings. The Kier molecular flexibility index (Phi) is 6.05. The normalized spacial score (nSPS) is 21.3. The summed E-state index contributed by atoms with van der Waals surface area (Å²) in [6.07, 6.45) is 5.13. The van der Waals surface area contributed by atoms with Gasteiger partial charge in [-0.1, -0.05) is 19.0 Å². The van der Waals surface area contributed by atoms with E-state index in [9.17, 15) is 8.42 Å². The Bertz CT molecular complexity index is 484. The minimum absolute atomic E-state index is 0.295. The van der Waals surface area contributed by atoms with Crippen LogP contribution in [0.15, 0.2) is 5.16 Å². The highest BCUT2D eigenvalue weighted by molar-refractivity contribution is 7.85. The van der Waals surface area contributed by atoms with Gasteiger partial charge in [-0.2, -0.15) is 8.42 Å².